The molecule has 20 heteroatoms. The molecule has 0 aromatic carbocycles. The van der Waals surface area contributed by atoms with Crippen LogP contribution in [0.4, 0.5) is 0 Å². The van der Waals surface area contributed by atoms with Crippen LogP contribution in [0.2, 0.25) is 0 Å². The minimum atomic E-state index is -2.35. The van der Waals surface area contributed by atoms with Gasteiger partial charge in [-0.15, -0.1) is 0 Å². The lowest BCUT2D eigenvalue weighted by molar-refractivity contribution is -0.310. The van der Waals surface area contributed by atoms with Crippen LogP contribution in [0, 0.1) is 17.8 Å². The van der Waals surface area contributed by atoms with Crippen LogP contribution >= 0.6 is 0 Å². The minimum absolute atomic E-state index is 0. The summed E-state index contributed by atoms with van der Waals surface area (Å²) in [7, 11) is 0. The molecule has 14 unspecified atom stereocenters. The van der Waals surface area contributed by atoms with Crippen LogP contribution in [0.1, 0.15) is 91.9 Å². The Morgan fingerprint density at radius 2 is 1.25 bits per heavy atom. The number of cyclic esters (lactones) is 1. The number of hydrogen-bond donors (Lipinski definition) is 12. The van der Waals surface area contributed by atoms with Crippen molar-refractivity contribution >= 4 is 11.9 Å². The number of hydrogen-bond acceptors (Lipinski definition) is 17. The van der Waals surface area contributed by atoms with E-state index >= 15 is 0 Å². The number of aliphatic hydroxyl groups is 10. The Morgan fingerprint density at radius 3 is 1.90 bits per heavy atom. The number of ether oxygens (including phenoxy) is 4. The number of carbonyl (C=O) groups is 2. The maximum Gasteiger partial charge on any atom is 0.311 e. The number of carboxylic acids is 1. The first-order valence-electron chi connectivity index (χ1n) is 22.6. The van der Waals surface area contributed by atoms with Gasteiger partial charge in [-0.2, -0.15) is 0 Å². The monoisotopic (exact) mass is 962 g/mol. The molecule has 0 saturated carbocycles. The van der Waals surface area contributed by atoms with Crippen molar-refractivity contribution in [3.05, 3.63) is 72.9 Å². The predicted octanol–water partition coefficient (Wildman–Crippen LogP) is -0.714. The Bertz CT molecular complexity index is 1620. The number of esters is 1. The highest BCUT2D eigenvalue weighted by Gasteiger charge is 2.51. The lowest BCUT2D eigenvalue weighted by Crippen LogP contribution is -2.61. The Balaban J connectivity index is 0.0000112. The molecule has 2 bridgehead atoms. The van der Waals surface area contributed by atoms with Crippen LogP contribution in [0.25, 0.3) is 0 Å². The molecule has 0 aromatic rings. The van der Waals surface area contributed by atoms with Gasteiger partial charge in [0.05, 0.1) is 79.6 Å². The van der Waals surface area contributed by atoms with Gasteiger partial charge in [-0.05, 0) is 52.4 Å². The number of carboxylic acid groups (broad SMARTS) is 1. The molecule has 0 aliphatic carbocycles. The molecular formula is C47H79NO19. The second-order valence-corrected chi connectivity index (χ2v) is 17.8. The Morgan fingerprint density at radius 1 is 0.687 bits per heavy atom. The van der Waals surface area contributed by atoms with Gasteiger partial charge in [0, 0.05) is 31.1 Å². The highest BCUT2D eigenvalue weighted by molar-refractivity contribution is 5.71. The standard InChI is InChI=1S/C47H75NO17.2H2O/c1-27-17-15-13-11-9-7-5-6-8-10-12-14-16-18-34(64-46-44(58)41(48)43(57)30(4)63-46)24-38-40(45(59)60)37(54)26-47(61,65-38)25-36(53)35(52)20-19-31(49)21-32(50)22-33(51)23-39(55)62-29(3)28(2)42(27)56;;/h5-6,8,10-18,27-38,40-44,46,49-54,56-58,61H,7,9,19-26,48H2,1-4H3,(H,59,60);2*1H2/t27?,28?,29?,30-,31?,32?,33?,34?,35?,36?,37?,38?,40?,41+,42?,43-,44+,46+,47?;;/m1../s1. The summed E-state index contributed by atoms with van der Waals surface area (Å²) in [6.45, 7) is 6.78. The third-order valence-corrected chi connectivity index (χ3v) is 12.2. The maximum absolute atomic E-state index is 12.6. The van der Waals surface area contributed by atoms with E-state index in [2.05, 4.69) is 0 Å². The fourth-order valence-corrected chi connectivity index (χ4v) is 8.11. The summed E-state index contributed by atoms with van der Waals surface area (Å²) >= 11 is 0. The van der Waals surface area contributed by atoms with E-state index in [0.29, 0.717) is 0 Å². The summed E-state index contributed by atoms with van der Waals surface area (Å²) in [5.74, 6) is -6.82. The number of aliphatic carboxylic acids is 1. The van der Waals surface area contributed by atoms with E-state index in [4.69, 9.17) is 24.7 Å². The fourth-order valence-electron chi connectivity index (χ4n) is 8.11. The van der Waals surface area contributed by atoms with Crippen LogP contribution < -0.4 is 5.73 Å². The zero-order valence-corrected chi connectivity index (χ0v) is 38.8. The summed E-state index contributed by atoms with van der Waals surface area (Å²) in [6.07, 6.45) is 2.28. The molecule has 0 amide bonds. The molecule has 0 spiro atoms. The Hall–Kier alpha value is -3.26. The molecule has 67 heavy (non-hydrogen) atoms. The van der Waals surface area contributed by atoms with Crippen molar-refractivity contribution in [2.24, 2.45) is 23.5 Å². The van der Waals surface area contributed by atoms with Crippen molar-refractivity contribution < 1.29 is 95.7 Å². The van der Waals surface area contributed by atoms with Gasteiger partial charge in [0.25, 0.3) is 0 Å². The molecule has 3 aliphatic rings. The van der Waals surface area contributed by atoms with Gasteiger partial charge in [0.1, 0.15) is 18.1 Å². The quantitative estimate of drug-likeness (QED) is 0.155. The first kappa shape index (κ1) is 61.8. The van der Waals surface area contributed by atoms with E-state index in [1.165, 1.54) is 13.0 Å². The van der Waals surface area contributed by atoms with Crippen molar-refractivity contribution in [3.8, 4) is 0 Å². The largest absolute Gasteiger partial charge is 0.481 e. The van der Waals surface area contributed by atoms with Gasteiger partial charge >= 0.3 is 11.9 Å². The summed E-state index contributed by atoms with van der Waals surface area (Å²) in [5, 5.41) is 118. The van der Waals surface area contributed by atoms with Crippen molar-refractivity contribution in [2.75, 3.05) is 0 Å². The van der Waals surface area contributed by atoms with Gasteiger partial charge < -0.3 is 91.8 Å². The summed E-state index contributed by atoms with van der Waals surface area (Å²) in [6, 6.07) is -1.14. The van der Waals surface area contributed by atoms with Crippen LogP contribution in [0.15, 0.2) is 72.9 Å². The first-order chi connectivity index (χ1) is 30.6. The second kappa shape index (κ2) is 30.4. The van der Waals surface area contributed by atoms with Crippen LogP contribution in [0.5, 0.6) is 0 Å². The number of rotatable bonds is 3. The smallest absolute Gasteiger partial charge is 0.311 e. The van der Waals surface area contributed by atoms with Crippen molar-refractivity contribution in [1.82, 2.24) is 0 Å². The fraction of sp³-hybridized carbons (Fsp3) is 0.702. The van der Waals surface area contributed by atoms with Gasteiger partial charge in [0.15, 0.2) is 12.1 Å². The molecule has 3 heterocycles. The van der Waals surface area contributed by atoms with Gasteiger partial charge in [0.2, 0.25) is 0 Å². The van der Waals surface area contributed by atoms with E-state index < -0.39 is 141 Å². The highest BCUT2D eigenvalue weighted by Crippen LogP contribution is 2.38. The van der Waals surface area contributed by atoms with E-state index in [-0.39, 0.29) is 49.0 Å². The average molecular weight is 962 g/mol. The zero-order chi connectivity index (χ0) is 48.4. The minimum Gasteiger partial charge on any atom is -0.481 e. The third-order valence-electron chi connectivity index (χ3n) is 12.2. The van der Waals surface area contributed by atoms with E-state index in [9.17, 15) is 65.8 Å². The molecule has 3 aliphatic heterocycles. The normalized spacial score (nSPS) is 41.0. The topological polar surface area (TPSA) is 383 Å². The zero-order valence-electron chi connectivity index (χ0n) is 38.8. The molecule has 0 aromatic heterocycles. The average Bonchev–Trinajstić information content (AvgIpc) is 3.21. The van der Waals surface area contributed by atoms with Crippen LogP contribution in [0.3, 0.4) is 0 Å². The summed E-state index contributed by atoms with van der Waals surface area (Å²) in [5.41, 5.74) is 6.02. The number of allylic oxidation sites excluding steroid dienone is 10. The van der Waals surface area contributed by atoms with E-state index in [0.717, 1.165) is 12.8 Å². The molecule has 2 saturated heterocycles. The summed E-state index contributed by atoms with van der Waals surface area (Å²) in [4.78, 5) is 25.1. The Kier molecular flexibility index (Phi) is 28.0. The molecular weight excluding hydrogens is 883 g/mol. The molecule has 20 nitrogen and oxygen atoms in total. The first-order valence-corrected chi connectivity index (χ1v) is 22.6. The van der Waals surface area contributed by atoms with Crippen molar-refractivity contribution in [1.29, 1.82) is 0 Å². The SMILES string of the molecule is CC1C=CC=CCCC=CC=CC=CC=CC(O[C@@H]2O[C@H](C)[C@@H](O)[C@H](N)[C@@H]2O)CC2OC(O)(CC(O)C(O)CCC(O)CC(O)CC(O)CC(=O)OC(C)C(C)C1O)CC(O)C2C(=O)O.O.O. The number of aliphatic hydroxyl groups excluding tert-OH is 9. The molecule has 17 N–H and O–H groups in total. The van der Waals surface area contributed by atoms with Gasteiger partial charge in [-0.3, -0.25) is 9.59 Å². The predicted molar refractivity (Wildman–Crippen MR) is 244 cm³/mol. The van der Waals surface area contributed by atoms with Crippen molar-refractivity contribution in [3.63, 3.8) is 0 Å². The van der Waals surface area contributed by atoms with Gasteiger partial charge in [-0.25, -0.2) is 0 Å². The lowest BCUT2D eigenvalue weighted by Gasteiger charge is -2.45. The highest BCUT2D eigenvalue weighted by atomic mass is 16.7. The van der Waals surface area contributed by atoms with E-state index in [1.54, 1.807) is 38.2 Å². The third kappa shape index (κ3) is 20.7. The molecule has 19 atom stereocenters. The van der Waals surface area contributed by atoms with Crippen LogP contribution in [-0.4, -0.2) is 177 Å². The lowest BCUT2D eigenvalue weighted by atomic mass is 9.82. The number of carbonyl (C=O) groups excluding carboxylic acids is 1. The van der Waals surface area contributed by atoms with E-state index in [1.807, 2.05) is 49.5 Å². The number of nitrogens with two attached hydrogens (primary N) is 1. The Labute approximate surface area is 392 Å². The summed E-state index contributed by atoms with van der Waals surface area (Å²) < 4.78 is 23.2. The molecule has 3 rings (SSSR count). The maximum atomic E-state index is 12.6. The molecule has 2 fully saturated rings. The van der Waals surface area contributed by atoms with Crippen molar-refractivity contribution in [2.45, 2.75) is 189 Å². The second-order valence-electron chi connectivity index (χ2n) is 17.8. The number of fused-ring (bicyclic) bond motifs is 2. The van der Waals surface area contributed by atoms with Crippen LogP contribution in [-0.2, 0) is 28.5 Å². The molecule has 386 valence electrons. The molecule has 0 radical (unpaired) electrons. The van der Waals surface area contributed by atoms with Gasteiger partial charge in [-0.1, -0.05) is 86.8 Å².